The third-order valence-corrected chi connectivity index (χ3v) is 4.12. The number of ether oxygens (including phenoxy) is 1. The van der Waals surface area contributed by atoms with Crippen LogP contribution in [0.5, 0.6) is 5.75 Å². The van der Waals surface area contributed by atoms with Gasteiger partial charge >= 0.3 is 0 Å². The molecule has 0 aliphatic carbocycles. The van der Waals surface area contributed by atoms with Gasteiger partial charge in [-0.3, -0.25) is 0 Å². The lowest BCUT2D eigenvalue weighted by atomic mass is 10.1. The molecule has 0 aliphatic heterocycles. The molecular weight excluding hydrogens is 278 g/mol. The minimum absolute atomic E-state index is 0.699. The van der Waals surface area contributed by atoms with Gasteiger partial charge in [0, 0.05) is 6.54 Å². The van der Waals surface area contributed by atoms with Crippen LogP contribution in [-0.4, -0.2) is 25.2 Å². The van der Waals surface area contributed by atoms with Gasteiger partial charge in [-0.15, -0.1) is 0 Å². The molecular formula is C18H31NOS. The van der Waals surface area contributed by atoms with Crippen molar-refractivity contribution < 1.29 is 4.74 Å². The number of thioether (sulfide) groups is 1. The number of hydrogen-bond donors (Lipinski definition) is 1. The minimum Gasteiger partial charge on any atom is -0.494 e. The van der Waals surface area contributed by atoms with Gasteiger partial charge in [-0.05, 0) is 61.4 Å². The first-order chi connectivity index (χ1) is 10.2. The van der Waals surface area contributed by atoms with Crippen molar-refractivity contribution in [3.05, 3.63) is 29.8 Å². The Hall–Kier alpha value is -0.670. The maximum atomic E-state index is 5.73. The first-order valence-electron chi connectivity index (χ1n) is 8.13. The molecule has 0 saturated heterocycles. The second-order valence-electron chi connectivity index (χ2n) is 5.91. The Morgan fingerprint density at radius 2 is 1.86 bits per heavy atom. The average molecular weight is 310 g/mol. The zero-order valence-electron chi connectivity index (χ0n) is 13.9. The molecule has 0 heterocycles. The van der Waals surface area contributed by atoms with Crippen molar-refractivity contribution in [3.8, 4) is 5.75 Å². The normalized spacial score (nSPS) is 11.0. The van der Waals surface area contributed by atoms with Crippen molar-refractivity contribution in [1.82, 2.24) is 5.32 Å². The fraction of sp³-hybridized carbons (Fsp3) is 0.667. The molecule has 0 aromatic heterocycles. The van der Waals surface area contributed by atoms with Gasteiger partial charge in [-0.1, -0.05) is 32.4 Å². The fourth-order valence-electron chi connectivity index (χ4n) is 2.02. The summed E-state index contributed by atoms with van der Waals surface area (Å²) < 4.78 is 5.73. The van der Waals surface area contributed by atoms with Crippen LogP contribution in [-0.2, 0) is 6.54 Å². The number of rotatable bonds is 12. The maximum Gasteiger partial charge on any atom is 0.119 e. The summed E-state index contributed by atoms with van der Waals surface area (Å²) in [5.74, 6) is 2.97. The Labute approximate surface area is 135 Å². The molecule has 1 aromatic rings. The van der Waals surface area contributed by atoms with E-state index >= 15 is 0 Å². The third-order valence-electron chi connectivity index (χ3n) is 3.42. The summed E-state index contributed by atoms with van der Waals surface area (Å²) in [6.07, 6.45) is 7.23. The second-order valence-corrected chi connectivity index (χ2v) is 6.89. The molecule has 1 aromatic carbocycles. The van der Waals surface area contributed by atoms with Crippen LogP contribution >= 0.6 is 11.8 Å². The van der Waals surface area contributed by atoms with Gasteiger partial charge in [0.05, 0.1) is 6.61 Å². The van der Waals surface area contributed by atoms with Crippen molar-refractivity contribution >= 4 is 11.8 Å². The van der Waals surface area contributed by atoms with Gasteiger partial charge in [0.2, 0.25) is 0 Å². The molecule has 1 N–H and O–H groups in total. The summed E-state index contributed by atoms with van der Waals surface area (Å²) in [5, 5.41) is 3.51. The quantitative estimate of drug-likeness (QED) is 0.564. The van der Waals surface area contributed by atoms with Crippen molar-refractivity contribution in [2.24, 2.45) is 5.92 Å². The van der Waals surface area contributed by atoms with Crippen molar-refractivity contribution in [2.75, 3.05) is 25.2 Å². The van der Waals surface area contributed by atoms with Crippen molar-refractivity contribution in [2.45, 2.75) is 46.1 Å². The lowest BCUT2D eigenvalue weighted by molar-refractivity contribution is 0.289. The summed E-state index contributed by atoms with van der Waals surface area (Å²) in [6, 6.07) is 8.47. The van der Waals surface area contributed by atoms with E-state index in [0.29, 0.717) is 5.92 Å². The van der Waals surface area contributed by atoms with E-state index < -0.39 is 0 Å². The lowest BCUT2D eigenvalue weighted by Crippen LogP contribution is -2.14. The van der Waals surface area contributed by atoms with Crippen LogP contribution in [0.1, 0.15) is 45.1 Å². The van der Waals surface area contributed by atoms with Crippen molar-refractivity contribution in [1.29, 1.82) is 0 Å². The Morgan fingerprint density at radius 3 is 2.52 bits per heavy atom. The van der Waals surface area contributed by atoms with E-state index in [2.05, 4.69) is 49.7 Å². The highest BCUT2D eigenvalue weighted by atomic mass is 32.2. The molecule has 120 valence electrons. The predicted molar refractivity (Wildman–Crippen MR) is 95.3 cm³/mol. The van der Waals surface area contributed by atoms with Crippen LogP contribution in [0.4, 0.5) is 0 Å². The molecule has 0 fully saturated rings. The molecule has 0 saturated carbocycles. The Balaban J connectivity index is 2.10. The third kappa shape index (κ3) is 9.81. The van der Waals surface area contributed by atoms with Crippen molar-refractivity contribution in [3.63, 3.8) is 0 Å². The highest BCUT2D eigenvalue weighted by molar-refractivity contribution is 7.98. The minimum atomic E-state index is 0.699. The molecule has 2 nitrogen and oxygen atoms in total. The molecule has 3 heteroatoms. The van der Waals surface area contributed by atoms with Gasteiger partial charge in [-0.2, -0.15) is 11.8 Å². The molecule has 0 spiro atoms. The molecule has 0 unspecified atom stereocenters. The van der Waals surface area contributed by atoms with E-state index in [4.69, 9.17) is 4.74 Å². The molecule has 0 radical (unpaired) electrons. The van der Waals surface area contributed by atoms with E-state index in [0.717, 1.165) is 31.9 Å². The maximum absolute atomic E-state index is 5.73. The average Bonchev–Trinajstić information content (AvgIpc) is 2.47. The lowest BCUT2D eigenvalue weighted by Gasteiger charge is -2.09. The first kappa shape index (κ1) is 18.4. The molecule has 0 amide bonds. The number of hydrogen-bond acceptors (Lipinski definition) is 3. The molecule has 0 atom stereocenters. The first-order valence-corrected chi connectivity index (χ1v) is 9.53. The molecule has 0 bridgehead atoms. The van der Waals surface area contributed by atoms with E-state index in [1.807, 2.05) is 11.8 Å². The summed E-state index contributed by atoms with van der Waals surface area (Å²) in [6.45, 7) is 7.32. The van der Waals surface area contributed by atoms with E-state index in [9.17, 15) is 0 Å². The van der Waals surface area contributed by atoms with Gasteiger partial charge < -0.3 is 10.1 Å². The highest BCUT2D eigenvalue weighted by Gasteiger charge is 1.98. The Bertz CT molecular complexity index is 351. The number of nitrogens with one attached hydrogen (secondary N) is 1. The van der Waals surface area contributed by atoms with E-state index in [1.165, 1.54) is 30.6 Å². The second kappa shape index (κ2) is 11.9. The van der Waals surface area contributed by atoms with Crippen LogP contribution in [0, 0.1) is 5.92 Å². The topological polar surface area (TPSA) is 21.3 Å². The van der Waals surface area contributed by atoms with Crippen LogP contribution in [0.3, 0.4) is 0 Å². The highest BCUT2D eigenvalue weighted by Crippen LogP contribution is 2.13. The van der Waals surface area contributed by atoms with E-state index in [1.54, 1.807) is 0 Å². The summed E-state index contributed by atoms with van der Waals surface area (Å²) in [5.41, 5.74) is 1.33. The van der Waals surface area contributed by atoms with Crippen LogP contribution < -0.4 is 10.1 Å². The predicted octanol–water partition coefficient (Wildman–Crippen LogP) is 4.73. The Kier molecular flexibility index (Phi) is 10.4. The van der Waals surface area contributed by atoms with Gasteiger partial charge in [-0.25, -0.2) is 0 Å². The van der Waals surface area contributed by atoms with E-state index in [-0.39, 0.29) is 0 Å². The van der Waals surface area contributed by atoms with Crippen LogP contribution in [0.2, 0.25) is 0 Å². The summed E-state index contributed by atoms with van der Waals surface area (Å²) in [4.78, 5) is 0. The zero-order valence-corrected chi connectivity index (χ0v) is 14.7. The molecule has 1 rings (SSSR count). The largest absolute Gasteiger partial charge is 0.494 e. The Morgan fingerprint density at radius 1 is 1.10 bits per heavy atom. The molecule has 0 aliphatic rings. The standard InChI is InChI=1S/C18H31NOS/c1-16(2)11-13-20-18-9-7-17(8-10-18)15-19-12-5-4-6-14-21-3/h7-10,16,19H,4-6,11-15H2,1-3H3. The van der Waals surface area contributed by atoms with Gasteiger partial charge in [0.25, 0.3) is 0 Å². The van der Waals surface area contributed by atoms with Crippen LogP contribution in [0.15, 0.2) is 24.3 Å². The monoisotopic (exact) mass is 309 g/mol. The number of benzene rings is 1. The summed E-state index contributed by atoms with van der Waals surface area (Å²) in [7, 11) is 0. The SMILES string of the molecule is CSCCCCCNCc1ccc(OCCC(C)C)cc1. The van der Waals surface area contributed by atoms with Crippen LogP contribution in [0.25, 0.3) is 0 Å². The van der Waals surface area contributed by atoms with Gasteiger partial charge in [0.15, 0.2) is 0 Å². The summed E-state index contributed by atoms with van der Waals surface area (Å²) >= 11 is 1.94. The number of unbranched alkanes of at least 4 members (excludes halogenated alkanes) is 2. The molecule has 21 heavy (non-hydrogen) atoms. The zero-order chi connectivity index (χ0) is 15.3. The van der Waals surface area contributed by atoms with Gasteiger partial charge in [0.1, 0.15) is 5.75 Å². The smallest absolute Gasteiger partial charge is 0.119 e. The fourth-order valence-corrected chi connectivity index (χ4v) is 2.51.